The Hall–Kier alpha value is -0.0800. The largest absolute Gasteiger partial charge is 0.396 e. The predicted molar refractivity (Wildman–Crippen MR) is 55.6 cm³/mol. The number of aliphatic hydroxyl groups excluding tert-OH is 1. The van der Waals surface area contributed by atoms with Gasteiger partial charge in [0.05, 0.1) is 0 Å². The molecule has 2 nitrogen and oxygen atoms in total. The van der Waals surface area contributed by atoms with Gasteiger partial charge >= 0.3 is 0 Å². The van der Waals surface area contributed by atoms with Gasteiger partial charge in [-0.3, -0.25) is 0 Å². The Balaban J connectivity index is 1.94. The zero-order valence-corrected chi connectivity index (χ0v) is 8.78. The Labute approximate surface area is 85.9 Å². The topological polar surface area (TPSA) is 46.2 Å². The van der Waals surface area contributed by atoms with Crippen LogP contribution < -0.4 is 5.73 Å². The maximum absolute atomic E-state index is 9.68. The van der Waals surface area contributed by atoms with Crippen LogP contribution in [0.25, 0.3) is 0 Å². The Morgan fingerprint density at radius 3 is 2.29 bits per heavy atom. The van der Waals surface area contributed by atoms with Gasteiger partial charge in [0, 0.05) is 6.61 Å². The molecule has 0 aliphatic heterocycles. The number of hydrogen-bond donors (Lipinski definition) is 2. The summed E-state index contributed by atoms with van der Waals surface area (Å²) in [6.45, 7) is 1.18. The fraction of sp³-hybridized carbons (Fsp3) is 1.00. The van der Waals surface area contributed by atoms with Crippen molar-refractivity contribution in [3.8, 4) is 0 Å². The number of rotatable bonds is 2. The molecule has 0 heterocycles. The summed E-state index contributed by atoms with van der Waals surface area (Å²) < 4.78 is 0. The van der Waals surface area contributed by atoms with E-state index in [4.69, 9.17) is 5.73 Å². The van der Waals surface area contributed by atoms with Crippen LogP contribution in [-0.4, -0.2) is 18.3 Å². The number of nitrogens with two attached hydrogens (primary N) is 1. The van der Waals surface area contributed by atoms with Gasteiger partial charge in [-0.15, -0.1) is 0 Å². The van der Waals surface area contributed by atoms with Crippen molar-refractivity contribution in [3.05, 3.63) is 0 Å². The average Bonchev–Trinajstić information content (AvgIpc) is 2.16. The standard InChI is InChI=1S/C12H21NO/c13-6-11-10-2-8-1-9(3-10)5-12(11,4-8)7-14/h8-11,14H,1-7,13H2. The van der Waals surface area contributed by atoms with Crippen LogP contribution in [0, 0.1) is 29.1 Å². The van der Waals surface area contributed by atoms with E-state index in [2.05, 4.69) is 0 Å². The maximum atomic E-state index is 9.68. The van der Waals surface area contributed by atoms with E-state index in [9.17, 15) is 5.11 Å². The lowest BCUT2D eigenvalue weighted by Crippen LogP contribution is -2.56. The summed E-state index contributed by atoms with van der Waals surface area (Å²) in [4.78, 5) is 0. The maximum Gasteiger partial charge on any atom is 0.0490 e. The van der Waals surface area contributed by atoms with E-state index in [1.54, 1.807) is 0 Å². The normalized spacial score (nSPS) is 55.3. The van der Waals surface area contributed by atoms with Gasteiger partial charge in [0.15, 0.2) is 0 Å². The first-order chi connectivity index (χ1) is 6.77. The van der Waals surface area contributed by atoms with Crippen LogP contribution >= 0.6 is 0 Å². The molecule has 4 fully saturated rings. The Bertz CT molecular complexity index is 226. The van der Waals surface area contributed by atoms with Crippen molar-refractivity contribution in [3.63, 3.8) is 0 Å². The second-order valence-corrected chi connectivity index (χ2v) is 5.97. The molecule has 0 amide bonds. The monoisotopic (exact) mass is 195 g/mol. The van der Waals surface area contributed by atoms with Crippen molar-refractivity contribution in [2.45, 2.75) is 32.1 Å². The molecule has 0 aromatic carbocycles. The minimum Gasteiger partial charge on any atom is -0.396 e. The van der Waals surface area contributed by atoms with Gasteiger partial charge in [0.25, 0.3) is 0 Å². The van der Waals surface area contributed by atoms with Gasteiger partial charge in [-0.25, -0.2) is 0 Å². The number of aliphatic hydroxyl groups is 1. The summed E-state index contributed by atoms with van der Waals surface area (Å²) in [5, 5.41) is 9.68. The van der Waals surface area contributed by atoms with Crippen molar-refractivity contribution >= 4 is 0 Å². The molecule has 3 atom stereocenters. The summed E-state index contributed by atoms with van der Waals surface area (Å²) >= 11 is 0. The molecule has 3 unspecified atom stereocenters. The summed E-state index contributed by atoms with van der Waals surface area (Å²) in [5.74, 6) is 3.31. The molecule has 4 rings (SSSR count). The van der Waals surface area contributed by atoms with Crippen LogP contribution in [0.2, 0.25) is 0 Å². The molecule has 0 aromatic heterocycles. The molecule has 4 aliphatic rings. The Morgan fingerprint density at radius 2 is 1.79 bits per heavy atom. The highest BCUT2D eigenvalue weighted by molar-refractivity contribution is 5.06. The summed E-state index contributed by atoms with van der Waals surface area (Å²) in [6.07, 6.45) is 6.77. The zero-order chi connectivity index (χ0) is 9.76. The quantitative estimate of drug-likeness (QED) is 0.699. The second kappa shape index (κ2) is 2.96. The highest BCUT2D eigenvalue weighted by Gasteiger charge is 2.55. The lowest BCUT2D eigenvalue weighted by molar-refractivity contribution is -0.128. The average molecular weight is 195 g/mol. The van der Waals surface area contributed by atoms with Crippen molar-refractivity contribution in [2.24, 2.45) is 34.8 Å². The van der Waals surface area contributed by atoms with Crippen LogP contribution in [0.4, 0.5) is 0 Å². The van der Waals surface area contributed by atoms with Gasteiger partial charge < -0.3 is 10.8 Å². The van der Waals surface area contributed by atoms with Crippen molar-refractivity contribution in [1.82, 2.24) is 0 Å². The SMILES string of the molecule is NCC1C2CC3CC(C2)CC1(CO)C3. The zero-order valence-electron chi connectivity index (χ0n) is 8.78. The van der Waals surface area contributed by atoms with Gasteiger partial charge in [-0.1, -0.05) is 0 Å². The van der Waals surface area contributed by atoms with Gasteiger partial charge in [-0.2, -0.15) is 0 Å². The van der Waals surface area contributed by atoms with Crippen LogP contribution in [0.3, 0.4) is 0 Å². The summed E-state index contributed by atoms with van der Waals surface area (Å²) in [6, 6.07) is 0. The molecule has 4 saturated carbocycles. The van der Waals surface area contributed by atoms with E-state index in [0.717, 1.165) is 24.3 Å². The third-order valence-electron chi connectivity index (χ3n) is 5.25. The molecule has 2 heteroatoms. The third kappa shape index (κ3) is 1.04. The molecule has 0 spiro atoms. The van der Waals surface area contributed by atoms with Crippen LogP contribution in [-0.2, 0) is 0 Å². The molecule has 0 aromatic rings. The first kappa shape index (κ1) is 9.17. The van der Waals surface area contributed by atoms with Crippen molar-refractivity contribution in [2.75, 3.05) is 13.2 Å². The van der Waals surface area contributed by atoms with E-state index in [0.29, 0.717) is 12.5 Å². The third-order valence-corrected chi connectivity index (χ3v) is 5.25. The molecule has 0 saturated heterocycles. The van der Waals surface area contributed by atoms with Crippen molar-refractivity contribution < 1.29 is 5.11 Å². The van der Waals surface area contributed by atoms with Gasteiger partial charge in [-0.05, 0) is 67.7 Å². The molecule has 4 aliphatic carbocycles. The lowest BCUT2D eigenvalue weighted by Gasteiger charge is -2.60. The summed E-state index contributed by atoms with van der Waals surface area (Å²) in [7, 11) is 0. The first-order valence-corrected chi connectivity index (χ1v) is 6.08. The fourth-order valence-corrected chi connectivity index (χ4v) is 5.00. The Morgan fingerprint density at radius 1 is 1.14 bits per heavy atom. The first-order valence-electron chi connectivity index (χ1n) is 6.08. The molecular weight excluding hydrogens is 174 g/mol. The van der Waals surface area contributed by atoms with E-state index in [1.807, 2.05) is 0 Å². The van der Waals surface area contributed by atoms with E-state index in [1.165, 1.54) is 32.1 Å². The van der Waals surface area contributed by atoms with Crippen molar-refractivity contribution in [1.29, 1.82) is 0 Å². The minimum atomic E-state index is 0.240. The number of hydrogen-bond acceptors (Lipinski definition) is 2. The van der Waals surface area contributed by atoms with E-state index >= 15 is 0 Å². The molecule has 14 heavy (non-hydrogen) atoms. The lowest BCUT2D eigenvalue weighted by atomic mass is 9.45. The minimum absolute atomic E-state index is 0.240. The summed E-state index contributed by atoms with van der Waals surface area (Å²) in [5.41, 5.74) is 6.14. The fourth-order valence-electron chi connectivity index (χ4n) is 5.00. The second-order valence-electron chi connectivity index (χ2n) is 5.97. The predicted octanol–water partition coefficient (Wildman–Crippen LogP) is 1.38. The Kier molecular flexibility index (Phi) is 1.94. The highest BCUT2D eigenvalue weighted by Crippen LogP contribution is 2.62. The smallest absolute Gasteiger partial charge is 0.0490 e. The highest BCUT2D eigenvalue weighted by atomic mass is 16.3. The molecule has 4 bridgehead atoms. The molecule has 0 radical (unpaired) electrons. The molecule has 3 N–H and O–H groups in total. The van der Waals surface area contributed by atoms with Crippen LogP contribution in [0.15, 0.2) is 0 Å². The molecular formula is C12H21NO. The van der Waals surface area contributed by atoms with Crippen LogP contribution in [0.1, 0.15) is 32.1 Å². The van der Waals surface area contributed by atoms with E-state index < -0.39 is 0 Å². The molecule has 80 valence electrons. The van der Waals surface area contributed by atoms with Gasteiger partial charge in [0.2, 0.25) is 0 Å². The van der Waals surface area contributed by atoms with Gasteiger partial charge in [0.1, 0.15) is 0 Å². The van der Waals surface area contributed by atoms with E-state index in [-0.39, 0.29) is 5.41 Å². The van der Waals surface area contributed by atoms with Crippen LogP contribution in [0.5, 0.6) is 0 Å².